The zero-order valence-electron chi connectivity index (χ0n) is 6.63. The van der Waals surface area contributed by atoms with Crippen LogP contribution in [0.2, 0.25) is 6.82 Å². The van der Waals surface area contributed by atoms with E-state index in [4.69, 9.17) is 9.31 Å². The van der Waals surface area contributed by atoms with Crippen molar-refractivity contribution in [3.8, 4) is 11.5 Å². The van der Waals surface area contributed by atoms with E-state index in [-0.39, 0.29) is 7.12 Å². The summed E-state index contributed by atoms with van der Waals surface area (Å²) in [6, 6.07) is 5.90. The SMILES string of the molecule is CB1Oc2cccc(C)c2O1. The van der Waals surface area contributed by atoms with Crippen molar-refractivity contribution in [1.82, 2.24) is 0 Å². The molecule has 11 heavy (non-hydrogen) atoms. The van der Waals surface area contributed by atoms with E-state index in [0.717, 1.165) is 17.1 Å². The molecule has 0 fully saturated rings. The van der Waals surface area contributed by atoms with Crippen LogP contribution in [0.5, 0.6) is 11.5 Å². The fourth-order valence-corrected chi connectivity index (χ4v) is 1.24. The van der Waals surface area contributed by atoms with Crippen LogP contribution in [0.3, 0.4) is 0 Å². The highest BCUT2D eigenvalue weighted by atomic mass is 16.6. The van der Waals surface area contributed by atoms with Crippen LogP contribution in [-0.4, -0.2) is 7.12 Å². The molecule has 0 aromatic heterocycles. The second-order valence-corrected chi connectivity index (χ2v) is 2.71. The number of hydrogen-bond donors (Lipinski definition) is 0. The van der Waals surface area contributed by atoms with Crippen molar-refractivity contribution in [2.75, 3.05) is 0 Å². The van der Waals surface area contributed by atoms with Gasteiger partial charge in [-0.1, -0.05) is 12.1 Å². The van der Waals surface area contributed by atoms with E-state index in [9.17, 15) is 0 Å². The Labute approximate surface area is 66.3 Å². The lowest BCUT2D eigenvalue weighted by Crippen LogP contribution is -2.18. The highest BCUT2D eigenvalue weighted by Crippen LogP contribution is 2.35. The summed E-state index contributed by atoms with van der Waals surface area (Å²) in [6.07, 6.45) is 0. The minimum Gasteiger partial charge on any atom is -0.523 e. The molecule has 0 aliphatic carbocycles. The summed E-state index contributed by atoms with van der Waals surface area (Å²) in [4.78, 5) is 0. The van der Waals surface area contributed by atoms with E-state index in [2.05, 4.69) is 0 Å². The molecule has 0 N–H and O–H groups in total. The molecular formula is C8H9BO2. The van der Waals surface area contributed by atoms with Gasteiger partial charge in [-0.05, 0) is 25.4 Å². The Hall–Kier alpha value is -1.12. The maximum atomic E-state index is 5.42. The fourth-order valence-electron chi connectivity index (χ4n) is 1.24. The summed E-state index contributed by atoms with van der Waals surface area (Å²) in [5.74, 6) is 1.75. The van der Waals surface area contributed by atoms with Crippen molar-refractivity contribution in [3.63, 3.8) is 0 Å². The Morgan fingerprint density at radius 3 is 2.82 bits per heavy atom. The lowest BCUT2D eigenvalue weighted by Gasteiger charge is -1.99. The summed E-state index contributed by atoms with van der Waals surface area (Å²) >= 11 is 0. The Balaban J connectivity index is 2.49. The van der Waals surface area contributed by atoms with Crippen LogP contribution >= 0.6 is 0 Å². The summed E-state index contributed by atoms with van der Waals surface area (Å²) in [5.41, 5.74) is 1.13. The third-order valence-corrected chi connectivity index (χ3v) is 1.75. The van der Waals surface area contributed by atoms with Crippen molar-refractivity contribution in [1.29, 1.82) is 0 Å². The molecule has 1 aromatic carbocycles. The zero-order valence-corrected chi connectivity index (χ0v) is 6.63. The van der Waals surface area contributed by atoms with E-state index in [1.54, 1.807) is 0 Å². The molecule has 0 radical (unpaired) electrons. The maximum Gasteiger partial charge on any atom is 0.591 e. The third kappa shape index (κ3) is 0.966. The third-order valence-electron chi connectivity index (χ3n) is 1.75. The van der Waals surface area contributed by atoms with Gasteiger partial charge in [0.15, 0.2) is 0 Å². The molecule has 1 aromatic rings. The van der Waals surface area contributed by atoms with Crippen LogP contribution in [0.25, 0.3) is 0 Å². The topological polar surface area (TPSA) is 18.5 Å². The summed E-state index contributed by atoms with van der Waals surface area (Å²) in [5, 5.41) is 0. The van der Waals surface area contributed by atoms with Crippen molar-refractivity contribution in [2.24, 2.45) is 0 Å². The summed E-state index contributed by atoms with van der Waals surface area (Å²) in [7, 11) is -0.133. The van der Waals surface area contributed by atoms with Crippen molar-refractivity contribution in [2.45, 2.75) is 13.7 Å². The van der Waals surface area contributed by atoms with Gasteiger partial charge >= 0.3 is 7.12 Å². The molecule has 0 saturated heterocycles. The molecule has 0 saturated carbocycles. The quantitative estimate of drug-likeness (QED) is 0.523. The zero-order chi connectivity index (χ0) is 7.84. The van der Waals surface area contributed by atoms with E-state index < -0.39 is 0 Å². The standard InChI is InChI=1S/C8H9BO2/c1-6-4-3-5-7-8(6)11-9(2)10-7/h3-5H,1-2H3. The van der Waals surface area contributed by atoms with Gasteiger partial charge in [-0.2, -0.15) is 0 Å². The van der Waals surface area contributed by atoms with Crippen LogP contribution in [0.4, 0.5) is 0 Å². The Kier molecular flexibility index (Phi) is 1.31. The first-order valence-electron chi connectivity index (χ1n) is 3.70. The van der Waals surface area contributed by atoms with Gasteiger partial charge in [-0.15, -0.1) is 0 Å². The Morgan fingerprint density at radius 1 is 1.27 bits per heavy atom. The average molecular weight is 148 g/mol. The van der Waals surface area contributed by atoms with Gasteiger partial charge in [0.05, 0.1) is 0 Å². The van der Waals surface area contributed by atoms with E-state index in [1.165, 1.54) is 0 Å². The molecule has 56 valence electrons. The Morgan fingerprint density at radius 2 is 2.09 bits per heavy atom. The molecule has 2 nitrogen and oxygen atoms in total. The summed E-state index contributed by atoms with van der Waals surface area (Å²) in [6.45, 7) is 3.90. The van der Waals surface area contributed by atoms with Crippen LogP contribution in [-0.2, 0) is 0 Å². The van der Waals surface area contributed by atoms with Gasteiger partial charge < -0.3 is 9.31 Å². The molecule has 0 spiro atoms. The van der Waals surface area contributed by atoms with Gasteiger partial charge in [0.25, 0.3) is 0 Å². The number of fused-ring (bicyclic) bond motifs is 1. The lowest BCUT2D eigenvalue weighted by molar-refractivity contribution is 0.508. The monoisotopic (exact) mass is 148 g/mol. The van der Waals surface area contributed by atoms with E-state index >= 15 is 0 Å². The Bertz CT molecular complexity index is 285. The average Bonchev–Trinajstić information content (AvgIpc) is 2.31. The second-order valence-electron chi connectivity index (χ2n) is 2.71. The number of benzene rings is 1. The normalized spacial score (nSPS) is 13.8. The van der Waals surface area contributed by atoms with Gasteiger partial charge in [-0.25, -0.2) is 0 Å². The number of hydrogen-bond acceptors (Lipinski definition) is 2. The molecule has 1 aliphatic rings. The number of rotatable bonds is 0. The number of para-hydroxylation sites is 1. The van der Waals surface area contributed by atoms with Crippen LogP contribution in [0.1, 0.15) is 5.56 Å². The van der Waals surface area contributed by atoms with Crippen LogP contribution < -0.4 is 9.31 Å². The van der Waals surface area contributed by atoms with Gasteiger partial charge in [0.1, 0.15) is 11.5 Å². The van der Waals surface area contributed by atoms with Crippen molar-refractivity contribution < 1.29 is 9.31 Å². The van der Waals surface area contributed by atoms with E-state index in [1.807, 2.05) is 31.9 Å². The predicted molar refractivity (Wildman–Crippen MR) is 44.1 cm³/mol. The second kappa shape index (κ2) is 2.19. The van der Waals surface area contributed by atoms with Gasteiger partial charge in [-0.3, -0.25) is 0 Å². The fraction of sp³-hybridized carbons (Fsp3) is 0.250. The largest absolute Gasteiger partial charge is 0.591 e. The first-order chi connectivity index (χ1) is 5.27. The highest BCUT2D eigenvalue weighted by molar-refractivity contribution is 6.45. The molecule has 2 rings (SSSR count). The molecule has 3 heteroatoms. The molecule has 0 atom stereocenters. The molecule has 0 unspecified atom stereocenters. The first-order valence-corrected chi connectivity index (χ1v) is 3.70. The molecule has 1 heterocycles. The predicted octanol–water partition coefficient (Wildman–Crippen LogP) is 1.88. The van der Waals surface area contributed by atoms with Gasteiger partial charge in [0.2, 0.25) is 0 Å². The number of aryl methyl sites for hydroxylation is 1. The minimum absolute atomic E-state index is 0.133. The van der Waals surface area contributed by atoms with E-state index in [0.29, 0.717) is 0 Å². The highest BCUT2D eigenvalue weighted by Gasteiger charge is 2.26. The molecule has 0 amide bonds. The minimum atomic E-state index is -0.133. The maximum absolute atomic E-state index is 5.42. The lowest BCUT2D eigenvalue weighted by atomic mass is 9.97. The molecule has 0 bridgehead atoms. The first kappa shape index (κ1) is 6.59. The van der Waals surface area contributed by atoms with Crippen molar-refractivity contribution >= 4 is 7.12 Å². The van der Waals surface area contributed by atoms with Gasteiger partial charge in [0, 0.05) is 0 Å². The smallest absolute Gasteiger partial charge is 0.523 e. The van der Waals surface area contributed by atoms with Crippen LogP contribution in [0.15, 0.2) is 18.2 Å². The van der Waals surface area contributed by atoms with Crippen LogP contribution in [0, 0.1) is 6.92 Å². The molecular weight excluding hydrogens is 139 g/mol. The summed E-state index contributed by atoms with van der Waals surface area (Å²) < 4.78 is 10.8. The molecule has 1 aliphatic heterocycles. The van der Waals surface area contributed by atoms with Crippen molar-refractivity contribution in [3.05, 3.63) is 23.8 Å².